The van der Waals surface area contributed by atoms with Gasteiger partial charge in [0.1, 0.15) is 23.1 Å². The molecule has 4 aromatic rings. The summed E-state index contributed by atoms with van der Waals surface area (Å²) in [6.45, 7) is 4.51. The number of hydrogen-bond donors (Lipinski definition) is 2. The number of amides is 1. The van der Waals surface area contributed by atoms with E-state index in [0.29, 0.717) is 60.5 Å². The van der Waals surface area contributed by atoms with Crippen molar-refractivity contribution in [3.63, 3.8) is 0 Å². The number of ether oxygens (including phenoxy) is 3. The van der Waals surface area contributed by atoms with Crippen molar-refractivity contribution < 1.29 is 38.4 Å². The molecule has 60 heavy (non-hydrogen) atoms. The van der Waals surface area contributed by atoms with Gasteiger partial charge in [0.05, 0.1) is 39.0 Å². The summed E-state index contributed by atoms with van der Waals surface area (Å²) < 4.78 is 32.6. The van der Waals surface area contributed by atoms with Crippen molar-refractivity contribution in [3.8, 4) is 17.2 Å². The van der Waals surface area contributed by atoms with E-state index in [-0.39, 0.29) is 53.1 Å². The first-order chi connectivity index (χ1) is 28.7. The lowest BCUT2D eigenvalue weighted by molar-refractivity contribution is -0.178. The van der Waals surface area contributed by atoms with E-state index < -0.39 is 39.9 Å². The number of carbonyl (C=O) groups is 2. The smallest absolute Gasteiger partial charge is 0.415 e. The third-order valence-electron chi connectivity index (χ3n) is 15.9. The van der Waals surface area contributed by atoms with Crippen LogP contribution in [0.15, 0.2) is 103 Å². The van der Waals surface area contributed by atoms with E-state index in [4.69, 9.17) is 25.8 Å². The third kappa shape index (κ3) is 6.12. The molecule has 0 aromatic heterocycles. The minimum atomic E-state index is -1.38. The second kappa shape index (κ2) is 14.7. The van der Waals surface area contributed by atoms with Gasteiger partial charge in [-0.25, -0.2) is 9.18 Å². The maximum absolute atomic E-state index is 15.3. The van der Waals surface area contributed by atoms with Crippen LogP contribution in [0, 0.1) is 39.3 Å². The topological polar surface area (TPSA) is 106 Å². The number of benzene rings is 4. The van der Waals surface area contributed by atoms with Crippen LogP contribution < -0.4 is 14.2 Å². The summed E-state index contributed by atoms with van der Waals surface area (Å²) in [6, 6.07) is 23.3. The molecule has 0 aliphatic heterocycles. The van der Waals surface area contributed by atoms with Crippen molar-refractivity contribution in [2.45, 2.75) is 83.5 Å². The predicted molar refractivity (Wildman–Crippen MR) is 229 cm³/mol. The molecule has 2 spiro atoms. The molecular weight excluding hydrogens is 781 g/mol. The molecule has 3 fully saturated rings. The number of rotatable bonds is 10. The molecule has 2 N–H and O–H groups in total. The lowest BCUT2D eigenvalue weighted by Gasteiger charge is -2.71. The number of aliphatic hydroxyl groups excluding tert-OH is 1. The first-order valence-electron chi connectivity index (χ1n) is 21.2. The molecule has 314 valence electrons. The predicted octanol–water partition coefficient (Wildman–Crippen LogP) is 10.1. The summed E-state index contributed by atoms with van der Waals surface area (Å²) in [5.74, 6) is 0.671. The average molecular weight is 834 g/mol. The number of fused-ring (bicyclic) bond motifs is 2. The highest BCUT2D eigenvalue weighted by molar-refractivity contribution is 6.31. The Labute approximate surface area is 356 Å². The summed E-state index contributed by atoms with van der Waals surface area (Å²) in [5, 5.41) is 26.6. The number of carbonyl (C=O) groups excluding carboxylic acids is 2. The Hall–Kier alpha value is -4.70. The lowest BCUT2D eigenvalue weighted by atomic mass is 9.32. The first-order valence-corrected chi connectivity index (χ1v) is 21.5. The molecule has 2 bridgehead atoms. The highest BCUT2D eigenvalue weighted by atomic mass is 35.5. The van der Waals surface area contributed by atoms with Crippen LogP contribution in [0.1, 0.15) is 69.9 Å². The number of Topliss-reactive ketones (excluding diaryl/α,β-unsaturated/α-hetero) is 1. The van der Waals surface area contributed by atoms with Gasteiger partial charge >= 0.3 is 6.09 Å². The van der Waals surface area contributed by atoms with Gasteiger partial charge in [-0.15, -0.1) is 0 Å². The fourth-order valence-corrected chi connectivity index (χ4v) is 12.9. The molecule has 4 aromatic carbocycles. The zero-order chi connectivity index (χ0) is 42.2. The van der Waals surface area contributed by atoms with Crippen LogP contribution in [0.2, 0.25) is 5.02 Å². The number of aliphatic hydroxyl groups is 2. The van der Waals surface area contributed by atoms with E-state index in [1.54, 1.807) is 37.3 Å². The van der Waals surface area contributed by atoms with E-state index in [1.807, 2.05) is 48.5 Å². The number of nitrogens with zero attached hydrogens (tertiary/aromatic N) is 1. The molecule has 10 heteroatoms. The zero-order valence-electron chi connectivity index (χ0n) is 34.7. The number of methoxy groups -OCH3 is 2. The summed E-state index contributed by atoms with van der Waals surface area (Å²) in [7, 11) is 3.15. The van der Waals surface area contributed by atoms with Crippen LogP contribution in [0.4, 0.5) is 9.18 Å². The maximum atomic E-state index is 15.3. The standard InChI is InChI=1S/C50H53ClFNO7/c1-46-19-16-34(54)27-48(46)22-23-50(38(28-48)41(55)26-37-39(51)10-7-11-40(37)52)43(46)17-20-47(2)44(50)18-21-49(47,57)30-53(29-33-13-14-35(58-3)25-42(33)59-4)45(56)60-36-15-12-31-8-5-6-9-32(31)24-36/h5-15,22-25,28,34,43-44,54,57H,16-21,26-27,29-30H2,1-4H3/t34?,43-,44-,46-,47+,48+,49-,50-/m1/s1. The fraction of sp³-hybridized carbons (Fsp3) is 0.440. The summed E-state index contributed by atoms with van der Waals surface area (Å²) in [5.41, 5.74) is -2.16. The molecule has 10 rings (SSSR count). The van der Waals surface area contributed by atoms with Crippen LogP contribution in [-0.4, -0.2) is 59.5 Å². The largest absolute Gasteiger partial charge is 0.497 e. The fourth-order valence-electron chi connectivity index (χ4n) is 12.7. The lowest BCUT2D eigenvalue weighted by Crippen LogP contribution is -2.67. The van der Waals surface area contributed by atoms with Gasteiger partial charge in [-0.1, -0.05) is 80.1 Å². The SMILES string of the molecule is COc1ccc(CN(C[C@]2(O)CC[C@H]3[C@]45C=C[C@@]6(C=C4C(=O)Cc4c(F)cccc4Cl)CC(O)CC[C@]6(C)[C@H]5CC[C@@]32C)C(=O)Oc2ccc3ccccc3c2)c(OC)c1. The Morgan fingerprint density at radius 1 is 0.850 bits per heavy atom. The molecule has 0 radical (unpaired) electrons. The van der Waals surface area contributed by atoms with Crippen LogP contribution in [0.3, 0.4) is 0 Å². The Bertz CT molecular complexity index is 2430. The van der Waals surface area contributed by atoms with E-state index in [9.17, 15) is 19.8 Å². The molecule has 0 saturated heterocycles. The Morgan fingerprint density at radius 2 is 1.58 bits per heavy atom. The quantitative estimate of drug-likeness (QED) is 0.153. The molecule has 6 aliphatic rings. The van der Waals surface area contributed by atoms with Crippen molar-refractivity contribution >= 4 is 34.2 Å². The van der Waals surface area contributed by atoms with Crippen molar-refractivity contribution in [3.05, 3.63) is 125 Å². The van der Waals surface area contributed by atoms with Gasteiger partial charge in [0.25, 0.3) is 0 Å². The number of hydrogen-bond acceptors (Lipinski definition) is 7. The normalized spacial score (nSPS) is 32.4. The second-order valence-corrected chi connectivity index (χ2v) is 18.9. The zero-order valence-corrected chi connectivity index (χ0v) is 35.4. The van der Waals surface area contributed by atoms with Crippen molar-refractivity contribution in [2.75, 3.05) is 20.8 Å². The van der Waals surface area contributed by atoms with Crippen molar-refractivity contribution in [2.24, 2.45) is 33.5 Å². The monoisotopic (exact) mass is 833 g/mol. The Balaban J connectivity index is 1.10. The number of allylic oxidation sites excluding steroid dienone is 4. The third-order valence-corrected chi connectivity index (χ3v) is 16.3. The number of halogens is 2. The van der Waals surface area contributed by atoms with Crippen LogP contribution in [0.5, 0.6) is 17.2 Å². The van der Waals surface area contributed by atoms with Gasteiger partial charge < -0.3 is 29.3 Å². The summed E-state index contributed by atoms with van der Waals surface area (Å²) in [6.07, 6.45) is 9.66. The molecule has 0 heterocycles. The Morgan fingerprint density at radius 3 is 2.35 bits per heavy atom. The maximum Gasteiger partial charge on any atom is 0.415 e. The molecule has 6 aliphatic carbocycles. The average Bonchev–Trinajstić information content (AvgIpc) is 3.51. The van der Waals surface area contributed by atoms with Gasteiger partial charge in [-0.05, 0) is 109 Å². The summed E-state index contributed by atoms with van der Waals surface area (Å²) in [4.78, 5) is 31.0. The summed E-state index contributed by atoms with van der Waals surface area (Å²) >= 11 is 6.52. The van der Waals surface area contributed by atoms with E-state index in [0.717, 1.165) is 23.6 Å². The minimum absolute atomic E-state index is 0.0305. The van der Waals surface area contributed by atoms with E-state index in [1.165, 1.54) is 12.1 Å². The highest BCUT2D eigenvalue weighted by Gasteiger charge is 2.74. The first kappa shape index (κ1) is 40.7. The second-order valence-electron chi connectivity index (χ2n) is 18.5. The highest BCUT2D eigenvalue weighted by Crippen LogP contribution is 2.78. The van der Waals surface area contributed by atoms with Crippen LogP contribution >= 0.6 is 11.6 Å². The van der Waals surface area contributed by atoms with Crippen LogP contribution in [0.25, 0.3) is 10.8 Å². The van der Waals surface area contributed by atoms with Crippen molar-refractivity contribution in [1.29, 1.82) is 0 Å². The Kier molecular flexibility index (Phi) is 10.00. The minimum Gasteiger partial charge on any atom is -0.497 e. The molecular formula is C50H53ClFNO7. The van der Waals surface area contributed by atoms with E-state index >= 15 is 4.39 Å². The van der Waals surface area contributed by atoms with Gasteiger partial charge in [0, 0.05) is 50.5 Å². The van der Waals surface area contributed by atoms with Crippen LogP contribution in [-0.2, 0) is 17.8 Å². The molecule has 8 atom stereocenters. The van der Waals surface area contributed by atoms with Gasteiger partial charge in [0.15, 0.2) is 5.78 Å². The van der Waals surface area contributed by atoms with E-state index in [2.05, 4.69) is 32.1 Å². The molecule has 8 nitrogen and oxygen atoms in total. The molecule has 1 unspecified atom stereocenters. The van der Waals surface area contributed by atoms with Gasteiger partial charge in [-0.2, -0.15) is 0 Å². The van der Waals surface area contributed by atoms with Crippen molar-refractivity contribution in [1.82, 2.24) is 4.90 Å². The van der Waals surface area contributed by atoms with Gasteiger partial charge in [0.2, 0.25) is 0 Å². The van der Waals surface area contributed by atoms with Gasteiger partial charge in [-0.3, -0.25) is 4.79 Å². The molecule has 1 amide bonds. The molecule has 3 saturated carbocycles. The number of ketones is 1.